The molecule has 1 N–H and O–H groups in total. The molecule has 1 amide bonds. The van der Waals surface area contributed by atoms with Crippen LogP contribution >= 0.6 is 11.8 Å². The SMILES string of the molecule is C=CC1CCN(C(=O)CC2CSCCN2)CC1. The van der Waals surface area contributed by atoms with E-state index >= 15 is 0 Å². The highest BCUT2D eigenvalue weighted by Crippen LogP contribution is 2.19. The van der Waals surface area contributed by atoms with Gasteiger partial charge in [-0.25, -0.2) is 0 Å². The van der Waals surface area contributed by atoms with Crippen LogP contribution in [0.4, 0.5) is 0 Å². The lowest BCUT2D eigenvalue weighted by Crippen LogP contribution is -2.44. The summed E-state index contributed by atoms with van der Waals surface area (Å²) in [4.78, 5) is 14.1. The van der Waals surface area contributed by atoms with Crippen LogP contribution in [0.2, 0.25) is 0 Å². The van der Waals surface area contributed by atoms with Crippen molar-refractivity contribution in [3.8, 4) is 0 Å². The summed E-state index contributed by atoms with van der Waals surface area (Å²) in [7, 11) is 0. The fourth-order valence-corrected chi connectivity index (χ4v) is 3.42. The van der Waals surface area contributed by atoms with Crippen LogP contribution in [0.5, 0.6) is 0 Å². The molecule has 2 saturated heterocycles. The molecule has 1 unspecified atom stereocenters. The fourth-order valence-electron chi connectivity index (χ4n) is 2.48. The molecule has 0 aromatic heterocycles. The summed E-state index contributed by atoms with van der Waals surface area (Å²) in [6, 6.07) is 0.387. The number of carbonyl (C=O) groups excluding carboxylic acids is 1. The van der Waals surface area contributed by atoms with Crippen molar-refractivity contribution in [1.82, 2.24) is 10.2 Å². The quantitative estimate of drug-likeness (QED) is 0.775. The maximum atomic E-state index is 12.1. The molecule has 0 saturated carbocycles. The van der Waals surface area contributed by atoms with Gasteiger partial charge in [-0.1, -0.05) is 6.08 Å². The highest BCUT2D eigenvalue weighted by atomic mass is 32.2. The largest absolute Gasteiger partial charge is 0.343 e. The first-order valence-electron chi connectivity index (χ1n) is 6.51. The van der Waals surface area contributed by atoms with Gasteiger partial charge in [0.15, 0.2) is 0 Å². The van der Waals surface area contributed by atoms with Gasteiger partial charge in [-0.05, 0) is 18.8 Å². The minimum Gasteiger partial charge on any atom is -0.343 e. The van der Waals surface area contributed by atoms with E-state index in [9.17, 15) is 4.79 Å². The van der Waals surface area contributed by atoms with Crippen molar-refractivity contribution in [3.63, 3.8) is 0 Å². The number of allylic oxidation sites excluding steroid dienone is 1. The summed E-state index contributed by atoms with van der Waals surface area (Å²) in [6.07, 6.45) is 4.87. The van der Waals surface area contributed by atoms with Gasteiger partial charge in [0.2, 0.25) is 5.91 Å². The lowest BCUT2D eigenvalue weighted by molar-refractivity contribution is -0.132. The van der Waals surface area contributed by atoms with Crippen LogP contribution in [-0.4, -0.2) is 48.0 Å². The van der Waals surface area contributed by atoms with E-state index in [-0.39, 0.29) is 0 Å². The van der Waals surface area contributed by atoms with E-state index in [2.05, 4.69) is 11.9 Å². The molecule has 0 aromatic rings. The van der Waals surface area contributed by atoms with Crippen molar-refractivity contribution in [1.29, 1.82) is 0 Å². The van der Waals surface area contributed by atoms with E-state index in [1.165, 1.54) is 5.75 Å². The van der Waals surface area contributed by atoms with Crippen molar-refractivity contribution in [2.24, 2.45) is 5.92 Å². The Kier molecular flexibility index (Phi) is 4.92. The zero-order valence-electron chi connectivity index (χ0n) is 10.4. The molecule has 0 aliphatic carbocycles. The van der Waals surface area contributed by atoms with Gasteiger partial charge < -0.3 is 10.2 Å². The van der Waals surface area contributed by atoms with E-state index in [1.54, 1.807) is 0 Å². The number of hydrogen-bond acceptors (Lipinski definition) is 3. The Morgan fingerprint density at radius 2 is 2.24 bits per heavy atom. The van der Waals surface area contributed by atoms with Crippen LogP contribution in [0.15, 0.2) is 12.7 Å². The Balaban J connectivity index is 1.74. The average molecular weight is 254 g/mol. The van der Waals surface area contributed by atoms with E-state index in [4.69, 9.17) is 0 Å². The van der Waals surface area contributed by atoms with E-state index in [0.29, 0.717) is 24.3 Å². The summed E-state index contributed by atoms with van der Waals surface area (Å²) < 4.78 is 0. The number of nitrogens with zero attached hydrogens (tertiary/aromatic N) is 1. The number of carbonyl (C=O) groups is 1. The smallest absolute Gasteiger partial charge is 0.224 e. The maximum Gasteiger partial charge on any atom is 0.224 e. The van der Waals surface area contributed by atoms with Crippen molar-refractivity contribution in [2.75, 3.05) is 31.1 Å². The van der Waals surface area contributed by atoms with E-state index < -0.39 is 0 Å². The Hall–Kier alpha value is -0.480. The van der Waals surface area contributed by atoms with Crippen molar-refractivity contribution >= 4 is 17.7 Å². The van der Waals surface area contributed by atoms with Gasteiger partial charge in [0.1, 0.15) is 0 Å². The second kappa shape index (κ2) is 6.45. The molecule has 0 spiro atoms. The lowest BCUT2D eigenvalue weighted by atomic mass is 9.97. The van der Waals surface area contributed by atoms with Crippen LogP contribution in [-0.2, 0) is 4.79 Å². The fraction of sp³-hybridized carbons (Fsp3) is 0.769. The number of rotatable bonds is 3. The molecule has 2 fully saturated rings. The van der Waals surface area contributed by atoms with Gasteiger partial charge in [0.25, 0.3) is 0 Å². The summed E-state index contributed by atoms with van der Waals surface area (Å²) in [5.74, 6) is 3.19. The monoisotopic (exact) mass is 254 g/mol. The minimum absolute atomic E-state index is 0.326. The molecular weight excluding hydrogens is 232 g/mol. The zero-order valence-corrected chi connectivity index (χ0v) is 11.2. The number of thioether (sulfide) groups is 1. The predicted molar refractivity (Wildman–Crippen MR) is 73.2 cm³/mol. The van der Waals surface area contributed by atoms with Crippen LogP contribution < -0.4 is 5.32 Å². The van der Waals surface area contributed by atoms with Crippen LogP contribution in [0.25, 0.3) is 0 Å². The van der Waals surface area contributed by atoms with Crippen LogP contribution in [0.3, 0.4) is 0 Å². The number of likely N-dealkylation sites (tertiary alicyclic amines) is 1. The van der Waals surface area contributed by atoms with Gasteiger partial charge >= 0.3 is 0 Å². The Bertz CT molecular complexity index is 269. The molecule has 0 radical (unpaired) electrons. The molecule has 3 nitrogen and oxygen atoms in total. The third-order valence-corrected chi connectivity index (χ3v) is 4.78. The van der Waals surface area contributed by atoms with Crippen molar-refractivity contribution in [2.45, 2.75) is 25.3 Å². The first-order valence-corrected chi connectivity index (χ1v) is 7.66. The summed E-state index contributed by atoms with van der Waals surface area (Å²) in [5.41, 5.74) is 0. The molecule has 2 aliphatic rings. The first-order chi connectivity index (χ1) is 8.29. The van der Waals surface area contributed by atoms with Crippen molar-refractivity contribution < 1.29 is 4.79 Å². The summed E-state index contributed by atoms with van der Waals surface area (Å²) >= 11 is 1.95. The zero-order chi connectivity index (χ0) is 12.1. The second-order valence-corrected chi connectivity index (χ2v) is 6.03. The Labute approximate surface area is 108 Å². The molecule has 2 rings (SSSR count). The highest BCUT2D eigenvalue weighted by Gasteiger charge is 2.24. The third kappa shape index (κ3) is 3.75. The first kappa shape index (κ1) is 13.0. The van der Waals surface area contributed by atoms with E-state index in [1.807, 2.05) is 22.7 Å². The van der Waals surface area contributed by atoms with Crippen LogP contribution in [0.1, 0.15) is 19.3 Å². The topological polar surface area (TPSA) is 32.3 Å². The number of amides is 1. The van der Waals surface area contributed by atoms with E-state index in [0.717, 1.165) is 38.2 Å². The van der Waals surface area contributed by atoms with Gasteiger partial charge in [-0.3, -0.25) is 4.79 Å². The molecule has 0 bridgehead atoms. The maximum absolute atomic E-state index is 12.1. The molecule has 2 heterocycles. The van der Waals surface area contributed by atoms with Gasteiger partial charge in [0, 0.05) is 43.6 Å². The highest BCUT2D eigenvalue weighted by molar-refractivity contribution is 7.99. The number of piperidine rings is 1. The van der Waals surface area contributed by atoms with Crippen LogP contribution in [0, 0.1) is 5.92 Å². The Morgan fingerprint density at radius 3 is 2.82 bits per heavy atom. The summed E-state index contributed by atoms with van der Waals surface area (Å²) in [5, 5.41) is 3.42. The molecule has 96 valence electrons. The molecule has 1 atom stereocenters. The molecular formula is C13H22N2OS. The normalized spacial score (nSPS) is 26.8. The molecule has 17 heavy (non-hydrogen) atoms. The van der Waals surface area contributed by atoms with Crippen molar-refractivity contribution in [3.05, 3.63) is 12.7 Å². The average Bonchev–Trinajstić information content (AvgIpc) is 2.40. The lowest BCUT2D eigenvalue weighted by Gasteiger charge is -2.32. The van der Waals surface area contributed by atoms with Gasteiger partial charge in [-0.15, -0.1) is 6.58 Å². The molecule has 2 aliphatic heterocycles. The summed E-state index contributed by atoms with van der Waals surface area (Å²) in [6.45, 7) is 6.70. The second-order valence-electron chi connectivity index (χ2n) is 4.88. The molecule has 4 heteroatoms. The Morgan fingerprint density at radius 1 is 1.47 bits per heavy atom. The number of hydrogen-bond donors (Lipinski definition) is 1. The standard InChI is InChI=1S/C13H22N2OS/c1-2-11-3-6-15(7-4-11)13(16)9-12-10-17-8-5-14-12/h2,11-12,14H,1,3-10H2. The molecule has 0 aromatic carbocycles. The minimum atomic E-state index is 0.326. The van der Waals surface area contributed by atoms with Gasteiger partial charge in [-0.2, -0.15) is 11.8 Å². The third-order valence-electron chi connectivity index (χ3n) is 3.65. The predicted octanol–water partition coefficient (Wildman–Crippen LogP) is 1.51. The number of nitrogens with one attached hydrogen (secondary N) is 1. The van der Waals surface area contributed by atoms with Gasteiger partial charge in [0.05, 0.1) is 0 Å².